The molecule has 0 aliphatic carbocycles. The normalized spacial score (nSPS) is 26.2. The molecule has 2 amide bonds. The molecule has 0 saturated carbocycles. The average molecular weight is 348 g/mol. The highest BCUT2D eigenvalue weighted by Gasteiger charge is 2.41. The lowest BCUT2D eigenvalue weighted by Gasteiger charge is -2.38. The summed E-state index contributed by atoms with van der Waals surface area (Å²) in [7, 11) is 0. The van der Waals surface area contributed by atoms with Gasteiger partial charge in [-0.05, 0) is 45.2 Å². The minimum absolute atomic E-state index is 0.0201. The van der Waals surface area contributed by atoms with Crippen LogP contribution in [-0.2, 0) is 16.1 Å². The van der Waals surface area contributed by atoms with E-state index in [4.69, 9.17) is 14.7 Å². The number of amides is 2. The lowest BCUT2D eigenvalue weighted by Crippen LogP contribution is -2.53. The molecule has 2 unspecified atom stereocenters. The standard InChI is InChI=1S/C18H24N2O5/c1-12-11-24-15-9-13(16(21)19-23)5-6-14(15)10-20(12)17(22)18(2)7-3-4-8-25-18/h5-6,9,12,23H,3-4,7-8,10-11H2,1-2H3,(H,19,21). The largest absolute Gasteiger partial charge is 0.491 e. The van der Waals surface area contributed by atoms with E-state index in [0.717, 1.165) is 24.8 Å². The summed E-state index contributed by atoms with van der Waals surface area (Å²) < 4.78 is 11.6. The molecule has 1 fully saturated rings. The van der Waals surface area contributed by atoms with Crippen LogP contribution >= 0.6 is 0 Å². The number of carbonyl (C=O) groups is 2. The molecule has 0 aromatic heterocycles. The first-order valence-electron chi connectivity index (χ1n) is 8.60. The van der Waals surface area contributed by atoms with Gasteiger partial charge in [0, 0.05) is 24.3 Å². The van der Waals surface area contributed by atoms with Crippen molar-refractivity contribution in [3.8, 4) is 5.75 Å². The molecule has 3 rings (SSSR count). The summed E-state index contributed by atoms with van der Waals surface area (Å²) in [6, 6.07) is 4.82. The van der Waals surface area contributed by atoms with Crippen molar-refractivity contribution < 1.29 is 24.3 Å². The van der Waals surface area contributed by atoms with Gasteiger partial charge in [0.2, 0.25) is 0 Å². The number of hydrogen-bond donors (Lipinski definition) is 2. The van der Waals surface area contributed by atoms with Gasteiger partial charge in [0.25, 0.3) is 11.8 Å². The average Bonchev–Trinajstić information content (AvgIpc) is 2.79. The number of nitrogens with zero attached hydrogens (tertiary/aromatic N) is 1. The Balaban J connectivity index is 1.85. The van der Waals surface area contributed by atoms with Crippen molar-refractivity contribution in [2.75, 3.05) is 13.2 Å². The zero-order valence-corrected chi connectivity index (χ0v) is 14.6. The molecule has 2 aliphatic heterocycles. The van der Waals surface area contributed by atoms with Gasteiger partial charge in [0.05, 0.1) is 6.04 Å². The predicted molar refractivity (Wildman–Crippen MR) is 89.4 cm³/mol. The molecular weight excluding hydrogens is 324 g/mol. The van der Waals surface area contributed by atoms with Gasteiger partial charge in [0.15, 0.2) is 0 Å². The Kier molecular flexibility index (Phi) is 4.96. The van der Waals surface area contributed by atoms with Gasteiger partial charge >= 0.3 is 0 Å². The zero-order valence-electron chi connectivity index (χ0n) is 14.6. The van der Waals surface area contributed by atoms with E-state index in [1.807, 2.05) is 13.8 Å². The number of benzene rings is 1. The maximum absolute atomic E-state index is 13.1. The topological polar surface area (TPSA) is 88.1 Å². The molecule has 2 N–H and O–H groups in total. The first-order chi connectivity index (χ1) is 11.9. The Labute approximate surface area is 146 Å². The summed E-state index contributed by atoms with van der Waals surface area (Å²) in [5, 5.41) is 8.77. The van der Waals surface area contributed by atoms with Crippen molar-refractivity contribution in [2.24, 2.45) is 0 Å². The van der Waals surface area contributed by atoms with Crippen LogP contribution in [0.25, 0.3) is 0 Å². The van der Waals surface area contributed by atoms with Crippen molar-refractivity contribution in [1.29, 1.82) is 0 Å². The SMILES string of the molecule is CC1COc2cc(C(=O)NO)ccc2CN1C(=O)C1(C)CCCCO1. The fraction of sp³-hybridized carbons (Fsp3) is 0.556. The van der Waals surface area contributed by atoms with Crippen molar-refractivity contribution in [3.05, 3.63) is 29.3 Å². The van der Waals surface area contributed by atoms with Gasteiger partial charge in [-0.1, -0.05) is 6.07 Å². The predicted octanol–water partition coefficient (Wildman–Crippen LogP) is 1.87. The Morgan fingerprint density at radius 2 is 2.16 bits per heavy atom. The summed E-state index contributed by atoms with van der Waals surface area (Å²) in [4.78, 5) is 26.5. The minimum Gasteiger partial charge on any atom is -0.491 e. The molecule has 0 spiro atoms. The Morgan fingerprint density at radius 3 is 2.84 bits per heavy atom. The number of rotatable bonds is 2. The Morgan fingerprint density at radius 1 is 1.36 bits per heavy atom. The molecular formula is C18H24N2O5. The van der Waals surface area contributed by atoms with Crippen LogP contribution in [0.5, 0.6) is 5.75 Å². The summed E-state index contributed by atoms with van der Waals surface area (Å²) in [5.74, 6) is -0.0639. The van der Waals surface area contributed by atoms with Crippen LogP contribution < -0.4 is 10.2 Å². The second-order valence-corrected chi connectivity index (χ2v) is 6.89. The molecule has 25 heavy (non-hydrogen) atoms. The van der Waals surface area contributed by atoms with Crippen molar-refractivity contribution >= 4 is 11.8 Å². The minimum atomic E-state index is -0.784. The molecule has 7 heteroatoms. The van der Waals surface area contributed by atoms with Gasteiger partial charge in [-0.15, -0.1) is 0 Å². The lowest BCUT2D eigenvalue weighted by atomic mass is 9.93. The molecule has 1 aromatic carbocycles. The fourth-order valence-electron chi connectivity index (χ4n) is 3.34. The highest BCUT2D eigenvalue weighted by Crippen LogP contribution is 2.31. The number of nitrogens with one attached hydrogen (secondary N) is 1. The van der Waals surface area contributed by atoms with Crippen molar-refractivity contribution in [2.45, 2.75) is 51.3 Å². The van der Waals surface area contributed by atoms with E-state index < -0.39 is 11.5 Å². The number of hydroxylamine groups is 1. The van der Waals surface area contributed by atoms with Crippen molar-refractivity contribution in [3.63, 3.8) is 0 Å². The highest BCUT2D eigenvalue weighted by molar-refractivity contribution is 5.94. The van der Waals surface area contributed by atoms with E-state index in [-0.39, 0.29) is 11.9 Å². The van der Waals surface area contributed by atoms with Gasteiger partial charge in [-0.3, -0.25) is 14.8 Å². The van der Waals surface area contributed by atoms with E-state index in [0.29, 0.717) is 31.1 Å². The highest BCUT2D eigenvalue weighted by atomic mass is 16.5. The third kappa shape index (κ3) is 3.48. The summed E-state index contributed by atoms with van der Waals surface area (Å²) >= 11 is 0. The Bertz CT molecular complexity index is 669. The molecule has 136 valence electrons. The molecule has 2 atom stereocenters. The van der Waals surface area contributed by atoms with Crippen LogP contribution in [0.4, 0.5) is 0 Å². The second-order valence-electron chi connectivity index (χ2n) is 6.89. The van der Waals surface area contributed by atoms with E-state index in [1.165, 1.54) is 0 Å². The first kappa shape index (κ1) is 17.7. The maximum atomic E-state index is 13.1. The molecule has 1 aromatic rings. The number of fused-ring (bicyclic) bond motifs is 1. The monoisotopic (exact) mass is 348 g/mol. The summed E-state index contributed by atoms with van der Waals surface area (Å²) in [6.07, 6.45) is 2.69. The van der Waals surface area contributed by atoms with Crippen LogP contribution in [0.15, 0.2) is 18.2 Å². The Hall–Kier alpha value is -2.12. The van der Waals surface area contributed by atoms with Gasteiger partial charge in [0.1, 0.15) is 18.0 Å². The maximum Gasteiger partial charge on any atom is 0.274 e. The molecule has 1 saturated heterocycles. The fourth-order valence-corrected chi connectivity index (χ4v) is 3.34. The van der Waals surface area contributed by atoms with Crippen LogP contribution in [-0.4, -0.2) is 46.8 Å². The summed E-state index contributed by atoms with van der Waals surface area (Å²) in [6.45, 7) is 5.14. The molecule has 2 aliphatic rings. The molecule has 7 nitrogen and oxygen atoms in total. The van der Waals surface area contributed by atoms with Gasteiger partial charge < -0.3 is 14.4 Å². The smallest absolute Gasteiger partial charge is 0.274 e. The molecule has 0 radical (unpaired) electrons. The summed E-state index contributed by atoms with van der Waals surface area (Å²) in [5.41, 5.74) is 1.96. The third-order valence-electron chi connectivity index (χ3n) is 4.97. The van der Waals surface area contributed by atoms with E-state index in [9.17, 15) is 9.59 Å². The quantitative estimate of drug-likeness (QED) is 0.629. The van der Waals surface area contributed by atoms with Gasteiger partial charge in [-0.25, -0.2) is 5.48 Å². The molecule has 0 bridgehead atoms. The van der Waals surface area contributed by atoms with E-state index >= 15 is 0 Å². The second kappa shape index (κ2) is 7.01. The van der Waals surface area contributed by atoms with Crippen LogP contribution in [0.1, 0.15) is 49.0 Å². The molecule has 2 heterocycles. The van der Waals surface area contributed by atoms with E-state index in [1.54, 1.807) is 28.6 Å². The van der Waals surface area contributed by atoms with Crippen molar-refractivity contribution in [1.82, 2.24) is 10.4 Å². The number of ether oxygens (including phenoxy) is 2. The van der Waals surface area contributed by atoms with Gasteiger partial charge in [-0.2, -0.15) is 0 Å². The first-order valence-corrected chi connectivity index (χ1v) is 8.60. The number of hydrogen-bond acceptors (Lipinski definition) is 5. The van der Waals surface area contributed by atoms with Crippen LogP contribution in [0, 0.1) is 0 Å². The van der Waals surface area contributed by atoms with E-state index in [2.05, 4.69) is 0 Å². The third-order valence-corrected chi connectivity index (χ3v) is 4.97. The number of carbonyl (C=O) groups excluding carboxylic acids is 2. The van der Waals surface area contributed by atoms with Crippen LogP contribution in [0.2, 0.25) is 0 Å². The zero-order chi connectivity index (χ0) is 18.0. The lowest BCUT2D eigenvalue weighted by molar-refractivity contribution is -0.165. The van der Waals surface area contributed by atoms with Crippen LogP contribution in [0.3, 0.4) is 0 Å².